The molecule has 0 spiro atoms. The number of methoxy groups -OCH3 is 1. The van der Waals surface area contributed by atoms with E-state index in [2.05, 4.69) is 5.32 Å². The highest BCUT2D eigenvalue weighted by molar-refractivity contribution is 6.00. The van der Waals surface area contributed by atoms with Gasteiger partial charge in [0, 0.05) is 37.2 Å². The number of furan rings is 1. The van der Waals surface area contributed by atoms with Crippen LogP contribution in [0.1, 0.15) is 19.1 Å². The summed E-state index contributed by atoms with van der Waals surface area (Å²) in [7, 11) is 1.58. The van der Waals surface area contributed by atoms with Crippen LogP contribution in [0.3, 0.4) is 0 Å². The van der Waals surface area contributed by atoms with Crippen molar-refractivity contribution in [3.8, 4) is 5.75 Å². The van der Waals surface area contributed by atoms with Gasteiger partial charge in [-0.25, -0.2) is 0 Å². The van der Waals surface area contributed by atoms with Gasteiger partial charge in [-0.05, 0) is 31.2 Å². The Morgan fingerprint density at radius 3 is 2.96 bits per heavy atom. The Hall–Kier alpha value is -2.76. The molecule has 25 heavy (non-hydrogen) atoms. The van der Waals surface area contributed by atoms with E-state index in [9.17, 15) is 9.59 Å². The van der Waals surface area contributed by atoms with Crippen molar-refractivity contribution in [2.75, 3.05) is 18.6 Å². The number of carbonyl (C=O) groups is 2. The van der Waals surface area contributed by atoms with Gasteiger partial charge in [0.1, 0.15) is 11.5 Å². The molecule has 3 rings (SSSR count). The maximum Gasteiger partial charge on any atom is 0.227 e. The third-order valence-electron chi connectivity index (χ3n) is 4.34. The van der Waals surface area contributed by atoms with Crippen molar-refractivity contribution in [3.63, 3.8) is 0 Å². The van der Waals surface area contributed by atoms with E-state index < -0.39 is 0 Å². The normalized spacial score (nSPS) is 18.2. The molecule has 1 N–H and O–H groups in total. The molecule has 2 heterocycles. The highest BCUT2D eigenvalue weighted by Gasteiger charge is 2.35. The second kappa shape index (κ2) is 7.42. The van der Waals surface area contributed by atoms with Crippen molar-refractivity contribution in [1.29, 1.82) is 0 Å². The monoisotopic (exact) mass is 342 g/mol. The highest BCUT2D eigenvalue weighted by Crippen LogP contribution is 2.28. The van der Waals surface area contributed by atoms with Gasteiger partial charge in [-0.15, -0.1) is 0 Å². The first-order valence-electron chi connectivity index (χ1n) is 8.34. The average Bonchev–Trinajstić information content (AvgIpc) is 3.24. The molecule has 1 fully saturated rings. The minimum absolute atomic E-state index is 0.0490. The molecule has 6 heteroatoms. The predicted octanol–water partition coefficient (Wildman–Crippen LogP) is 2.39. The van der Waals surface area contributed by atoms with Crippen LogP contribution in [0.25, 0.3) is 0 Å². The van der Waals surface area contributed by atoms with Crippen molar-refractivity contribution >= 4 is 17.5 Å². The molecule has 6 nitrogen and oxygen atoms in total. The van der Waals surface area contributed by atoms with Crippen LogP contribution >= 0.6 is 0 Å². The van der Waals surface area contributed by atoms with E-state index in [0.29, 0.717) is 18.7 Å². The Labute approximate surface area is 146 Å². The maximum atomic E-state index is 12.5. The summed E-state index contributed by atoms with van der Waals surface area (Å²) in [6.45, 7) is 2.31. The molecule has 0 saturated carbocycles. The van der Waals surface area contributed by atoms with Gasteiger partial charge in [-0.3, -0.25) is 9.59 Å². The van der Waals surface area contributed by atoms with Crippen molar-refractivity contribution in [3.05, 3.63) is 48.4 Å². The summed E-state index contributed by atoms with van der Waals surface area (Å²) in [4.78, 5) is 26.4. The van der Waals surface area contributed by atoms with Gasteiger partial charge in [0.05, 0.1) is 19.3 Å². The van der Waals surface area contributed by atoms with Crippen LogP contribution in [0, 0.1) is 5.92 Å². The number of hydrogen-bond donors (Lipinski definition) is 1. The standard InChI is InChI=1S/C19H22N2O4/c1-13(9-17-7-4-8-25-17)20-19(23)14-10-18(22)21(12-14)15-5-3-6-16(11-15)24-2/h3-8,11,13-14H,9-10,12H2,1-2H3,(H,20,23)/t13-,14+/m1/s1. The molecule has 0 radical (unpaired) electrons. The summed E-state index contributed by atoms with van der Waals surface area (Å²) in [6.07, 6.45) is 2.46. The third-order valence-corrected chi connectivity index (χ3v) is 4.34. The largest absolute Gasteiger partial charge is 0.497 e. The second-order valence-corrected chi connectivity index (χ2v) is 6.30. The predicted molar refractivity (Wildman–Crippen MR) is 93.5 cm³/mol. The number of rotatable bonds is 6. The zero-order chi connectivity index (χ0) is 17.8. The van der Waals surface area contributed by atoms with Gasteiger partial charge >= 0.3 is 0 Å². The van der Waals surface area contributed by atoms with Gasteiger partial charge in [0.2, 0.25) is 11.8 Å². The van der Waals surface area contributed by atoms with Gasteiger partial charge in [0.15, 0.2) is 0 Å². The SMILES string of the molecule is COc1cccc(N2C[C@@H](C(=O)N[C@H](C)Cc3ccco3)CC2=O)c1. The van der Waals surface area contributed by atoms with Crippen molar-refractivity contribution < 1.29 is 18.7 Å². The molecule has 1 aromatic carbocycles. The summed E-state index contributed by atoms with van der Waals surface area (Å²) >= 11 is 0. The van der Waals surface area contributed by atoms with Gasteiger partial charge in [-0.2, -0.15) is 0 Å². The number of ether oxygens (including phenoxy) is 1. The van der Waals surface area contributed by atoms with E-state index in [-0.39, 0.29) is 30.2 Å². The Kier molecular flexibility index (Phi) is 5.07. The minimum atomic E-state index is -0.349. The molecule has 0 unspecified atom stereocenters. The minimum Gasteiger partial charge on any atom is -0.497 e. The smallest absolute Gasteiger partial charge is 0.227 e. The second-order valence-electron chi connectivity index (χ2n) is 6.30. The Balaban J connectivity index is 1.60. The van der Waals surface area contributed by atoms with Crippen LogP contribution < -0.4 is 15.0 Å². The first kappa shape index (κ1) is 17.1. The molecule has 1 aliphatic rings. The number of nitrogens with zero attached hydrogens (tertiary/aromatic N) is 1. The lowest BCUT2D eigenvalue weighted by Gasteiger charge is -2.18. The Morgan fingerprint density at radius 1 is 1.40 bits per heavy atom. The van der Waals surface area contributed by atoms with Crippen LogP contribution in [-0.4, -0.2) is 31.5 Å². The van der Waals surface area contributed by atoms with Crippen molar-refractivity contribution in [2.24, 2.45) is 5.92 Å². The summed E-state index contributed by atoms with van der Waals surface area (Å²) in [5.74, 6) is 1.02. The van der Waals surface area contributed by atoms with Crippen LogP contribution in [0.4, 0.5) is 5.69 Å². The number of anilines is 1. The number of carbonyl (C=O) groups excluding carboxylic acids is 2. The van der Waals surface area contributed by atoms with Crippen molar-refractivity contribution in [1.82, 2.24) is 5.32 Å². The topological polar surface area (TPSA) is 71.8 Å². The lowest BCUT2D eigenvalue weighted by molar-refractivity contribution is -0.126. The first-order valence-corrected chi connectivity index (χ1v) is 8.34. The summed E-state index contributed by atoms with van der Waals surface area (Å²) in [6, 6.07) is 11.0. The molecule has 1 aromatic heterocycles. The molecular formula is C19H22N2O4. The maximum absolute atomic E-state index is 12.5. The lowest BCUT2D eigenvalue weighted by atomic mass is 10.1. The molecular weight excluding hydrogens is 320 g/mol. The Morgan fingerprint density at radius 2 is 2.24 bits per heavy atom. The average molecular weight is 342 g/mol. The fourth-order valence-electron chi connectivity index (χ4n) is 3.05. The van der Waals surface area contributed by atoms with Crippen LogP contribution in [0.5, 0.6) is 5.75 Å². The number of amides is 2. The molecule has 2 atom stereocenters. The van der Waals surface area contributed by atoms with E-state index in [1.165, 1.54) is 0 Å². The molecule has 1 saturated heterocycles. The molecule has 0 bridgehead atoms. The van der Waals surface area contributed by atoms with Gasteiger partial charge in [0.25, 0.3) is 0 Å². The molecule has 1 aliphatic heterocycles. The van der Waals surface area contributed by atoms with E-state index in [1.54, 1.807) is 24.3 Å². The lowest BCUT2D eigenvalue weighted by Crippen LogP contribution is -2.39. The molecule has 0 aliphatic carbocycles. The third kappa shape index (κ3) is 4.02. The van der Waals surface area contributed by atoms with Gasteiger partial charge in [-0.1, -0.05) is 6.07 Å². The van der Waals surface area contributed by atoms with Crippen molar-refractivity contribution in [2.45, 2.75) is 25.8 Å². The Bertz CT molecular complexity index is 742. The number of benzene rings is 1. The molecule has 2 amide bonds. The summed E-state index contributed by atoms with van der Waals surface area (Å²) in [5.41, 5.74) is 0.753. The zero-order valence-corrected chi connectivity index (χ0v) is 14.4. The first-order chi connectivity index (χ1) is 12.1. The fourth-order valence-corrected chi connectivity index (χ4v) is 3.05. The van der Waals surface area contributed by atoms with E-state index in [0.717, 1.165) is 11.4 Å². The van der Waals surface area contributed by atoms with Crippen LogP contribution in [0.2, 0.25) is 0 Å². The van der Waals surface area contributed by atoms with Gasteiger partial charge < -0.3 is 19.4 Å². The molecule has 2 aromatic rings. The summed E-state index contributed by atoms with van der Waals surface area (Å²) in [5, 5.41) is 2.97. The number of nitrogens with one attached hydrogen (secondary N) is 1. The van der Waals surface area contributed by atoms with E-state index in [4.69, 9.17) is 9.15 Å². The molecule has 132 valence electrons. The van der Waals surface area contributed by atoms with Crippen LogP contribution in [0.15, 0.2) is 47.1 Å². The summed E-state index contributed by atoms with van der Waals surface area (Å²) < 4.78 is 10.5. The number of hydrogen-bond acceptors (Lipinski definition) is 4. The van der Waals surface area contributed by atoms with Crippen LogP contribution in [-0.2, 0) is 16.0 Å². The zero-order valence-electron chi connectivity index (χ0n) is 14.4. The van der Waals surface area contributed by atoms with E-state index in [1.807, 2.05) is 37.3 Å². The van der Waals surface area contributed by atoms with E-state index >= 15 is 0 Å². The fraction of sp³-hybridized carbons (Fsp3) is 0.368. The quantitative estimate of drug-likeness (QED) is 0.875. The highest BCUT2D eigenvalue weighted by atomic mass is 16.5.